The summed E-state index contributed by atoms with van der Waals surface area (Å²) in [5.74, 6) is 2.13. The molecule has 0 aliphatic carbocycles. The van der Waals surface area contributed by atoms with E-state index in [1.807, 2.05) is 6.92 Å². The van der Waals surface area contributed by atoms with Crippen molar-refractivity contribution in [2.75, 3.05) is 5.73 Å². The molecule has 2 aromatic heterocycles. The fourth-order valence-corrected chi connectivity index (χ4v) is 1.58. The number of rotatable bonds is 4. The zero-order chi connectivity index (χ0) is 10.7. The normalized spacial score (nSPS) is 10.7. The van der Waals surface area contributed by atoms with Crippen LogP contribution in [-0.4, -0.2) is 25.3 Å². The van der Waals surface area contributed by atoms with E-state index in [1.54, 1.807) is 0 Å². The van der Waals surface area contributed by atoms with Gasteiger partial charge in [-0.25, -0.2) is 5.10 Å². The SMILES string of the molecule is CCc1noc(CSc2n[nH]c(N)n2)n1. The standard InChI is InChI=1S/C7H10N6OS/c1-2-4-9-5(14-13-4)3-15-7-10-6(8)11-12-7/h2-3H2,1H3,(H3,8,10,11,12). The number of thioether (sulfide) groups is 1. The van der Waals surface area contributed by atoms with Gasteiger partial charge in [0.05, 0.1) is 5.75 Å². The zero-order valence-electron chi connectivity index (χ0n) is 8.10. The van der Waals surface area contributed by atoms with Crippen molar-refractivity contribution in [1.82, 2.24) is 25.3 Å². The van der Waals surface area contributed by atoms with Crippen molar-refractivity contribution in [2.45, 2.75) is 24.3 Å². The Morgan fingerprint density at radius 3 is 2.93 bits per heavy atom. The maximum absolute atomic E-state index is 5.38. The van der Waals surface area contributed by atoms with Crippen LogP contribution in [0, 0.1) is 0 Å². The van der Waals surface area contributed by atoms with Gasteiger partial charge in [0.15, 0.2) is 5.82 Å². The van der Waals surface area contributed by atoms with Crippen LogP contribution in [0.2, 0.25) is 0 Å². The molecule has 8 heteroatoms. The van der Waals surface area contributed by atoms with Gasteiger partial charge < -0.3 is 10.3 Å². The molecule has 2 heterocycles. The Kier molecular flexibility index (Phi) is 2.86. The van der Waals surface area contributed by atoms with Crippen LogP contribution in [0.1, 0.15) is 18.6 Å². The second-order valence-electron chi connectivity index (χ2n) is 2.75. The number of hydrogen-bond acceptors (Lipinski definition) is 7. The van der Waals surface area contributed by atoms with Crippen molar-refractivity contribution in [1.29, 1.82) is 0 Å². The zero-order valence-corrected chi connectivity index (χ0v) is 8.91. The Labute approximate surface area is 89.8 Å². The number of nitrogens with two attached hydrogens (primary N) is 1. The van der Waals surface area contributed by atoms with Crippen molar-refractivity contribution < 1.29 is 4.52 Å². The summed E-state index contributed by atoms with van der Waals surface area (Å²) < 4.78 is 5.01. The average Bonchev–Trinajstić information content (AvgIpc) is 2.83. The van der Waals surface area contributed by atoms with E-state index in [0.717, 1.165) is 6.42 Å². The molecule has 0 unspecified atom stereocenters. The van der Waals surface area contributed by atoms with Crippen LogP contribution < -0.4 is 5.73 Å². The van der Waals surface area contributed by atoms with Gasteiger partial charge in [-0.1, -0.05) is 23.8 Å². The van der Waals surface area contributed by atoms with E-state index in [9.17, 15) is 0 Å². The Hall–Kier alpha value is -1.57. The minimum Gasteiger partial charge on any atom is -0.368 e. The van der Waals surface area contributed by atoms with E-state index in [1.165, 1.54) is 11.8 Å². The smallest absolute Gasteiger partial charge is 0.237 e. The van der Waals surface area contributed by atoms with Gasteiger partial charge in [-0.15, -0.1) is 5.10 Å². The summed E-state index contributed by atoms with van der Waals surface area (Å²) in [6.07, 6.45) is 0.766. The first kappa shape index (κ1) is 9.97. The van der Waals surface area contributed by atoms with E-state index in [-0.39, 0.29) is 0 Å². The summed E-state index contributed by atoms with van der Waals surface area (Å²) in [6, 6.07) is 0. The molecular formula is C7H10N6OS. The lowest BCUT2D eigenvalue weighted by Gasteiger charge is -1.88. The number of aromatic nitrogens is 5. The summed E-state index contributed by atoms with van der Waals surface area (Å²) in [6.45, 7) is 1.97. The number of nitrogens with zero attached hydrogens (tertiary/aromatic N) is 4. The third-order valence-corrected chi connectivity index (χ3v) is 2.47. The largest absolute Gasteiger partial charge is 0.368 e. The second-order valence-corrected chi connectivity index (χ2v) is 3.69. The third kappa shape index (κ3) is 2.46. The molecule has 2 aromatic rings. The van der Waals surface area contributed by atoms with E-state index in [4.69, 9.17) is 10.3 Å². The third-order valence-electron chi connectivity index (χ3n) is 1.63. The van der Waals surface area contributed by atoms with Gasteiger partial charge in [-0.05, 0) is 0 Å². The van der Waals surface area contributed by atoms with Crippen molar-refractivity contribution in [3.05, 3.63) is 11.7 Å². The predicted octanol–water partition coefficient (Wildman–Crippen LogP) is 0.625. The van der Waals surface area contributed by atoms with Crippen molar-refractivity contribution in [3.63, 3.8) is 0 Å². The van der Waals surface area contributed by atoms with Gasteiger partial charge >= 0.3 is 0 Å². The van der Waals surface area contributed by atoms with Gasteiger partial charge in [-0.2, -0.15) is 9.97 Å². The van der Waals surface area contributed by atoms with E-state index in [2.05, 4.69) is 25.3 Å². The number of hydrogen-bond donors (Lipinski definition) is 2. The Morgan fingerprint density at radius 1 is 1.47 bits per heavy atom. The summed E-state index contributed by atoms with van der Waals surface area (Å²) in [4.78, 5) is 8.09. The molecule has 0 aromatic carbocycles. The van der Waals surface area contributed by atoms with Crippen LogP contribution in [0.15, 0.2) is 9.68 Å². The lowest BCUT2D eigenvalue weighted by atomic mass is 10.5. The van der Waals surface area contributed by atoms with Crippen LogP contribution in [0.3, 0.4) is 0 Å². The van der Waals surface area contributed by atoms with Crippen LogP contribution in [0.25, 0.3) is 0 Å². The van der Waals surface area contributed by atoms with Gasteiger partial charge in [0.2, 0.25) is 17.0 Å². The first-order chi connectivity index (χ1) is 7.28. The number of aromatic amines is 1. The molecule has 0 spiro atoms. The monoisotopic (exact) mass is 226 g/mol. The highest BCUT2D eigenvalue weighted by atomic mass is 32.2. The molecule has 2 rings (SSSR count). The molecule has 0 amide bonds. The van der Waals surface area contributed by atoms with Gasteiger partial charge in [0.1, 0.15) is 0 Å². The van der Waals surface area contributed by atoms with Crippen molar-refractivity contribution in [3.8, 4) is 0 Å². The van der Waals surface area contributed by atoms with Gasteiger partial charge in [0.25, 0.3) is 0 Å². The summed E-state index contributed by atoms with van der Waals surface area (Å²) >= 11 is 1.39. The number of nitrogens with one attached hydrogen (secondary N) is 1. The first-order valence-electron chi connectivity index (χ1n) is 4.40. The highest BCUT2D eigenvalue weighted by Gasteiger charge is 2.07. The second kappa shape index (κ2) is 4.30. The number of anilines is 1. The molecule has 0 bridgehead atoms. The molecule has 0 atom stereocenters. The lowest BCUT2D eigenvalue weighted by molar-refractivity contribution is 0.385. The Balaban J connectivity index is 1.93. The predicted molar refractivity (Wildman–Crippen MR) is 54.0 cm³/mol. The highest BCUT2D eigenvalue weighted by molar-refractivity contribution is 7.98. The molecule has 0 saturated carbocycles. The molecule has 0 saturated heterocycles. The fourth-order valence-electron chi connectivity index (χ4n) is 0.941. The minimum atomic E-state index is 0.303. The number of H-pyrrole nitrogens is 1. The summed E-state index contributed by atoms with van der Waals surface area (Å²) in [5.41, 5.74) is 5.38. The molecule has 0 fully saturated rings. The Morgan fingerprint density at radius 2 is 2.33 bits per heavy atom. The molecule has 0 aliphatic heterocycles. The maximum Gasteiger partial charge on any atom is 0.237 e. The van der Waals surface area contributed by atoms with Gasteiger partial charge in [-0.3, -0.25) is 0 Å². The summed E-state index contributed by atoms with van der Waals surface area (Å²) in [7, 11) is 0. The maximum atomic E-state index is 5.38. The lowest BCUT2D eigenvalue weighted by Crippen LogP contribution is -1.86. The van der Waals surface area contributed by atoms with E-state index in [0.29, 0.717) is 28.6 Å². The molecule has 15 heavy (non-hydrogen) atoms. The molecule has 3 N–H and O–H groups in total. The van der Waals surface area contributed by atoms with Crippen molar-refractivity contribution >= 4 is 17.7 Å². The molecule has 7 nitrogen and oxygen atoms in total. The quantitative estimate of drug-likeness (QED) is 0.736. The summed E-state index contributed by atoms with van der Waals surface area (Å²) in [5, 5.41) is 10.8. The van der Waals surface area contributed by atoms with Crippen LogP contribution >= 0.6 is 11.8 Å². The van der Waals surface area contributed by atoms with Crippen LogP contribution in [0.4, 0.5) is 5.95 Å². The van der Waals surface area contributed by atoms with Crippen molar-refractivity contribution in [2.24, 2.45) is 0 Å². The molecule has 80 valence electrons. The van der Waals surface area contributed by atoms with Crippen LogP contribution in [0.5, 0.6) is 0 Å². The highest BCUT2D eigenvalue weighted by Crippen LogP contribution is 2.18. The van der Waals surface area contributed by atoms with Gasteiger partial charge in [0, 0.05) is 6.42 Å². The number of aryl methyl sites for hydroxylation is 1. The number of nitrogen functional groups attached to an aromatic ring is 1. The molecular weight excluding hydrogens is 216 g/mol. The molecule has 0 radical (unpaired) electrons. The van der Waals surface area contributed by atoms with E-state index < -0.39 is 0 Å². The minimum absolute atomic E-state index is 0.303. The fraction of sp³-hybridized carbons (Fsp3) is 0.429. The Bertz CT molecular complexity index is 438. The first-order valence-corrected chi connectivity index (χ1v) is 5.38. The van der Waals surface area contributed by atoms with E-state index >= 15 is 0 Å². The average molecular weight is 226 g/mol. The van der Waals surface area contributed by atoms with Crippen LogP contribution in [-0.2, 0) is 12.2 Å². The molecule has 0 aliphatic rings. The topological polar surface area (TPSA) is 107 Å².